The highest BCUT2D eigenvalue weighted by Crippen LogP contribution is 2.16. The van der Waals surface area contributed by atoms with Gasteiger partial charge in [-0.25, -0.2) is 0 Å². The summed E-state index contributed by atoms with van der Waals surface area (Å²) in [6.07, 6.45) is 13.5. The lowest BCUT2D eigenvalue weighted by atomic mass is 10.1. The van der Waals surface area contributed by atoms with E-state index in [2.05, 4.69) is 6.92 Å². The van der Waals surface area contributed by atoms with Crippen LogP contribution in [-0.2, 0) is 9.53 Å². The van der Waals surface area contributed by atoms with Crippen LogP contribution in [0.2, 0.25) is 0 Å². The zero-order valence-electron chi connectivity index (χ0n) is 12.8. The summed E-state index contributed by atoms with van der Waals surface area (Å²) in [5.74, 6) is -0.189. The summed E-state index contributed by atoms with van der Waals surface area (Å²) in [5, 5.41) is 0.299. The first-order valence-electron chi connectivity index (χ1n) is 7.94. The summed E-state index contributed by atoms with van der Waals surface area (Å²) in [6.45, 7) is 4.24. The number of rotatable bonds is 13. The highest BCUT2D eigenvalue weighted by atomic mass is 35.5. The number of unbranched alkanes of at least 4 members (excludes halogenated alkanes) is 7. The maximum atomic E-state index is 10.6. The van der Waals surface area contributed by atoms with Crippen LogP contribution < -0.4 is 0 Å². The molecule has 0 heterocycles. The maximum Gasteiger partial charge on any atom is 0.302 e. The highest BCUT2D eigenvalue weighted by Gasteiger charge is 2.04. The van der Waals surface area contributed by atoms with Gasteiger partial charge in [0.2, 0.25) is 0 Å². The van der Waals surface area contributed by atoms with Gasteiger partial charge in [-0.2, -0.15) is 0 Å². The molecule has 2 nitrogen and oxygen atoms in total. The van der Waals surface area contributed by atoms with Crippen LogP contribution in [0.4, 0.5) is 0 Å². The van der Waals surface area contributed by atoms with Crippen molar-refractivity contribution in [3.8, 4) is 0 Å². The van der Waals surface area contributed by atoms with E-state index in [0.29, 0.717) is 12.0 Å². The number of carbonyl (C=O) groups is 1. The zero-order chi connectivity index (χ0) is 14.3. The lowest BCUT2D eigenvalue weighted by Crippen LogP contribution is -2.03. The number of halogens is 1. The van der Waals surface area contributed by atoms with Crippen molar-refractivity contribution in [3.63, 3.8) is 0 Å². The minimum absolute atomic E-state index is 0.189. The molecule has 0 radical (unpaired) electrons. The van der Waals surface area contributed by atoms with Gasteiger partial charge >= 0.3 is 5.97 Å². The molecule has 0 amide bonds. The molecule has 114 valence electrons. The summed E-state index contributed by atoms with van der Waals surface area (Å²) >= 11 is 6.28. The van der Waals surface area contributed by atoms with Crippen LogP contribution in [0.25, 0.3) is 0 Å². The van der Waals surface area contributed by atoms with E-state index in [1.807, 2.05) is 0 Å². The Bertz CT molecular complexity index is 207. The number of hydrogen-bond acceptors (Lipinski definition) is 2. The van der Waals surface area contributed by atoms with Gasteiger partial charge in [0.05, 0.1) is 6.61 Å². The second kappa shape index (κ2) is 14.2. The largest absolute Gasteiger partial charge is 0.466 e. The first-order chi connectivity index (χ1) is 9.16. The molecule has 0 saturated carbocycles. The van der Waals surface area contributed by atoms with Crippen LogP contribution in [0.3, 0.4) is 0 Å². The minimum atomic E-state index is -0.189. The summed E-state index contributed by atoms with van der Waals surface area (Å²) in [6, 6.07) is 0. The molecule has 0 aromatic rings. The fourth-order valence-corrected chi connectivity index (χ4v) is 2.46. The highest BCUT2D eigenvalue weighted by molar-refractivity contribution is 6.20. The molecule has 0 aromatic heterocycles. The molecule has 0 aromatic carbocycles. The van der Waals surface area contributed by atoms with E-state index in [-0.39, 0.29) is 5.97 Å². The van der Waals surface area contributed by atoms with Crippen LogP contribution in [0.1, 0.15) is 84.5 Å². The van der Waals surface area contributed by atoms with Crippen molar-refractivity contribution in [2.45, 2.75) is 89.9 Å². The molecule has 1 unspecified atom stereocenters. The smallest absolute Gasteiger partial charge is 0.302 e. The zero-order valence-corrected chi connectivity index (χ0v) is 13.5. The average molecular weight is 291 g/mol. The quantitative estimate of drug-likeness (QED) is 0.255. The Balaban J connectivity index is 3.16. The first kappa shape index (κ1) is 18.8. The maximum absolute atomic E-state index is 10.6. The van der Waals surface area contributed by atoms with Crippen molar-refractivity contribution in [1.29, 1.82) is 0 Å². The second-order valence-corrected chi connectivity index (χ2v) is 5.96. The Kier molecular flexibility index (Phi) is 14.0. The van der Waals surface area contributed by atoms with E-state index in [4.69, 9.17) is 16.3 Å². The third kappa shape index (κ3) is 15.7. The number of hydrogen-bond donors (Lipinski definition) is 0. The standard InChI is InChI=1S/C16H31ClO2/c1-3-4-5-6-7-8-9-12-16(17)13-10-11-14-19-15(2)18/h16H,3-14H2,1-2H3. The average Bonchev–Trinajstić information content (AvgIpc) is 2.37. The summed E-state index contributed by atoms with van der Waals surface area (Å²) in [4.78, 5) is 10.6. The van der Waals surface area contributed by atoms with Gasteiger partial charge in [0.1, 0.15) is 0 Å². The Labute approximate surface area is 124 Å². The van der Waals surface area contributed by atoms with Gasteiger partial charge in [0.15, 0.2) is 0 Å². The lowest BCUT2D eigenvalue weighted by Gasteiger charge is -2.09. The molecule has 1 atom stereocenters. The van der Waals surface area contributed by atoms with E-state index < -0.39 is 0 Å². The molecule has 0 aliphatic carbocycles. The molecule has 0 fully saturated rings. The van der Waals surface area contributed by atoms with Gasteiger partial charge in [0, 0.05) is 12.3 Å². The molecule has 0 bridgehead atoms. The molecule has 0 N–H and O–H groups in total. The minimum Gasteiger partial charge on any atom is -0.466 e. The molecular formula is C16H31ClO2. The molecule has 3 heteroatoms. The summed E-state index contributed by atoms with van der Waals surface area (Å²) < 4.78 is 4.89. The lowest BCUT2D eigenvalue weighted by molar-refractivity contribution is -0.141. The van der Waals surface area contributed by atoms with E-state index in [9.17, 15) is 4.79 Å². The van der Waals surface area contributed by atoms with Crippen molar-refractivity contribution >= 4 is 17.6 Å². The fraction of sp³-hybridized carbons (Fsp3) is 0.938. The third-order valence-electron chi connectivity index (χ3n) is 3.34. The van der Waals surface area contributed by atoms with Crippen molar-refractivity contribution in [2.75, 3.05) is 6.61 Å². The van der Waals surface area contributed by atoms with E-state index in [0.717, 1.165) is 25.7 Å². The number of esters is 1. The molecule has 0 rings (SSSR count). The van der Waals surface area contributed by atoms with E-state index in [1.54, 1.807) is 0 Å². The monoisotopic (exact) mass is 290 g/mol. The molecule has 19 heavy (non-hydrogen) atoms. The fourth-order valence-electron chi connectivity index (χ4n) is 2.15. The Morgan fingerprint density at radius 2 is 1.47 bits per heavy atom. The topological polar surface area (TPSA) is 26.3 Å². The van der Waals surface area contributed by atoms with Gasteiger partial charge in [-0.05, 0) is 25.7 Å². The van der Waals surface area contributed by atoms with Crippen LogP contribution >= 0.6 is 11.6 Å². The van der Waals surface area contributed by atoms with Crippen LogP contribution in [0.5, 0.6) is 0 Å². The van der Waals surface area contributed by atoms with Crippen molar-refractivity contribution in [2.24, 2.45) is 0 Å². The van der Waals surface area contributed by atoms with Crippen LogP contribution in [0, 0.1) is 0 Å². The van der Waals surface area contributed by atoms with Gasteiger partial charge in [-0.1, -0.05) is 51.9 Å². The Morgan fingerprint density at radius 1 is 0.947 bits per heavy atom. The van der Waals surface area contributed by atoms with E-state index in [1.165, 1.54) is 51.9 Å². The predicted molar refractivity (Wildman–Crippen MR) is 82.7 cm³/mol. The number of carbonyl (C=O) groups excluding carboxylic acids is 1. The van der Waals surface area contributed by atoms with Crippen LogP contribution in [-0.4, -0.2) is 18.0 Å². The Morgan fingerprint density at radius 3 is 2.05 bits per heavy atom. The second-order valence-electron chi connectivity index (χ2n) is 5.34. The van der Waals surface area contributed by atoms with Gasteiger partial charge in [0.25, 0.3) is 0 Å². The SMILES string of the molecule is CCCCCCCCCC(Cl)CCCCOC(C)=O. The van der Waals surface area contributed by atoms with E-state index >= 15 is 0 Å². The van der Waals surface area contributed by atoms with Gasteiger partial charge in [-0.15, -0.1) is 11.6 Å². The Hall–Kier alpha value is -0.240. The summed E-state index contributed by atoms with van der Waals surface area (Å²) in [5.41, 5.74) is 0. The van der Waals surface area contributed by atoms with Crippen molar-refractivity contribution in [1.82, 2.24) is 0 Å². The molecule has 0 saturated heterocycles. The molecule has 0 aliphatic heterocycles. The van der Waals surface area contributed by atoms with Gasteiger partial charge < -0.3 is 4.74 Å². The number of alkyl halides is 1. The number of ether oxygens (including phenoxy) is 1. The predicted octanol–water partition coefficient (Wildman–Crippen LogP) is 5.47. The molecule has 0 aliphatic rings. The third-order valence-corrected chi connectivity index (χ3v) is 3.77. The molecule has 0 spiro atoms. The normalized spacial score (nSPS) is 12.4. The van der Waals surface area contributed by atoms with Crippen molar-refractivity contribution in [3.05, 3.63) is 0 Å². The van der Waals surface area contributed by atoms with Crippen LogP contribution in [0.15, 0.2) is 0 Å². The van der Waals surface area contributed by atoms with Gasteiger partial charge in [-0.3, -0.25) is 4.79 Å². The van der Waals surface area contributed by atoms with Crippen molar-refractivity contribution < 1.29 is 9.53 Å². The molecular weight excluding hydrogens is 260 g/mol. The summed E-state index contributed by atoms with van der Waals surface area (Å²) in [7, 11) is 0. The first-order valence-corrected chi connectivity index (χ1v) is 8.38.